The standard InChI is InChI=1S/C48H91O13P/c1-3-5-7-9-11-13-15-17-19-21-23-25-27-29-31-33-35-37-42(50)60-40(39-59-62(56,57)61-48-46(54)44(52)43(51)45(53)47(48)55)38-58-41(49)36-34-32-30-28-26-24-22-20-18-16-14-12-10-8-6-4-2/h17,19,40,43-48,51-55H,3-16,18,20-39H2,1-2H3,(H,56,57)/b19-17-/t40-,43?,44-,45?,46?,47?,48?/m1/s1. The predicted octanol–water partition coefficient (Wildman–Crippen LogP) is 10.2. The molecule has 0 radical (unpaired) electrons. The molecule has 0 aromatic carbocycles. The molecule has 62 heavy (non-hydrogen) atoms. The third-order valence-corrected chi connectivity index (χ3v) is 12.8. The molecule has 1 aliphatic carbocycles. The Bertz CT molecular complexity index is 1140. The van der Waals surface area contributed by atoms with Crippen LogP contribution in [0.1, 0.15) is 226 Å². The van der Waals surface area contributed by atoms with Gasteiger partial charge in [0.2, 0.25) is 0 Å². The van der Waals surface area contributed by atoms with Gasteiger partial charge in [0.05, 0.1) is 6.61 Å². The second kappa shape index (κ2) is 38.8. The SMILES string of the molecule is CCCCCCCC/C=C\CCCCCCCCCC(=O)O[C@H](COC(=O)CCCCCCCCCCCCCCCCCC)COP(=O)(O)OC1C(O)C(O)C(O)[C@@H](O)C1O. The molecule has 0 aliphatic heterocycles. The fourth-order valence-corrected chi connectivity index (χ4v) is 8.79. The van der Waals surface area contributed by atoms with Gasteiger partial charge >= 0.3 is 19.8 Å². The summed E-state index contributed by atoms with van der Waals surface area (Å²) in [6.45, 7) is 3.32. The first-order chi connectivity index (χ1) is 29.9. The van der Waals surface area contributed by atoms with Crippen molar-refractivity contribution in [3.63, 3.8) is 0 Å². The number of ether oxygens (including phenoxy) is 2. The highest BCUT2D eigenvalue weighted by Crippen LogP contribution is 2.47. The van der Waals surface area contributed by atoms with Crippen LogP contribution in [0.4, 0.5) is 0 Å². The molecule has 1 fully saturated rings. The van der Waals surface area contributed by atoms with E-state index in [4.69, 9.17) is 18.5 Å². The number of phosphoric acid groups is 1. The van der Waals surface area contributed by atoms with Crippen LogP contribution in [0.25, 0.3) is 0 Å². The molecule has 0 amide bonds. The summed E-state index contributed by atoms with van der Waals surface area (Å²) in [5.41, 5.74) is 0. The zero-order valence-corrected chi connectivity index (χ0v) is 39.8. The number of hydrogen-bond donors (Lipinski definition) is 6. The van der Waals surface area contributed by atoms with E-state index in [-0.39, 0.29) is 12.8 Å². The van der Waals surface area contributed by atoms with E-state index in [1.807, 2.05) is 0 Å². The molecule has 0 spiro atoms. The number of esters is 2. The average molecular weight is 907 g/mol. The summed E-state index contributed by atoms with van der Waals surface area (Å²) in [4.78, 5) is 35.8. The molecular weight excluding hydrogens is 815 g/mol. The molecule has 1 aliphatic rings. The highest BCUT2D eigenvalue weighted by atomic mass is 31.2. The maximum atomic E-state index is 12.8. The van der Waals surface area contributed by atoms with Crippen molar-refractivity contribution in [2.45, 2.75) is 268 Å². The molecule has 1 rings (SSSR count). The molecule has 6 N–H and O–H groups in total. The van der Waals surface area contributed by atoms with Crippen molar-refractivity contribution in [2.75, 3.05) is 13.2 Å². The van der Waals surface area contributed by atoms with Crippen LogP contribution in [0, 0.1) is 0 Å². The minimum absolute atomic E-state index is 0.0961. The number of phosphoric ester groups is 1. The molecule has 0 heterocycles. The third kappa shape index (κ3) is 30.7. The van der Waals surface area contributed by atoms with Crippen molar-refractivity contribution >= 4 is 19.8 Å². The van der Waals surface area contributed by atoms with Gasteiger partial charge in [-0.3, -0.25) is 18.6 Å². The van der Waals surface area contributed by atoms with Crippen molar-refractivity contribution in [3.05, 3.63) is 12.2 Å². The second-order valence-electron chi connectivity index (χ2n) is 17.7. The topological polar surface area (TPSA) is 210 Å². The molecule has 6 unspecified atom stereocenters. The maximum Gasteiger partial charge on any atom is 0.472 e. The van der Waals surface area contributed by atoms with E-state index in [0.717, 1.165) is 51.4 Å². The quantitative estimate of drug-likeness (QED) is 0.0146. The van der Waals surface area contributed by atoms with Gasteiger partial charge in [0.15, 0.2) is 6.10 Å². The van der Waals surface area contributed by atoms with Crippen LogP contribution >= 0.6 is 7.82 Å². The van der Waals surface area contributed by atoms with Gasteiger partial charge in [-0.1, -0.05) is 187 Å². The lowest BCUT2D eigenvalue weighted by Gasteiger charge is -2.41. The normalized spacial score (nSPS) is 21.9. The van der Waals surface area contributed by atoms with Crippen LogP contribution in [0.3, 0.4) is 0 Å². The summed E-state index contributed by atoms with van der Waals surface area (Å²) in [6.07, 6.45) is 28.3. The summed E-state index contributed by atoms with van der Waals surface area (Å²) in [5.74, 6) is -1.09. The molecule has 8 atom stereocenters. The Hall–Kier alpha value is -1.41. The van der Waals surface area contributed by atoms with Crippen LogP contribution in [-0.2, 0) is 32.7 Å². The van der Waals surface area contributed by atoms with Gasteiger partial charge in [-0.15, -0.1) is 0 Å². The first-order valence-electron chi connectivity index (χ1n) is 25.0. The Kier molecular flexibility index (Phi) is 36.7. The Morgan fingerprint density at radius 2 is 0.823 bits per heavy atom. The average Bonchev–Trinajstić information content (AvgIpc) is 3.25. The summed E-state index contributed by atoms with van der Waals surface area (Å²) >= 11 is 0. The van der Waals surface area contributed by atoms with Gasteiger partial charge in [-0.05, 0) is 38.5 Å². The van der Waals surface area contributed by atoms with Gasteiger partial charge in [-0.25, -0.2) is 4.57 Å². The lowest BCUT2D eigenvalue weighted by atomic mass is 9.85. The monoisotopic (exact) mass is 907 g/mol. The van der Waals surface area contributed by atoms with E-state index >= 15 is 0 Å². The van der Waals surface area contributed by atoms with Crippen molar-refractivity contribution < 1.29 is 63.1 Å². The Morgan fingerprint density at radius 1 is 0.484 bits per heavy atom. The minimum Gasteiger partial charge on any atom is -0.462 e. The highest BCUT2D eigenvalue weighted by molar-refractivity contribution is 7.47. The summed E-state index contributed by atoms with van der Waals surface area (Å²) in [7, 11) is -5.12. The number of hydrogen-bond acceptors (Lipinski definition) is 12. The Morgan fingerprint density at radius 3 is 1.23 bits per heavy atom. The summed E-state index contributed by atoms with van der Waals surface area (Å²) < 4.78 is 33.6. The molecule has 13 nitrogen and oxygen atoms in total. The molecule has 0 aromatic rings. The maximum absolute atomic E-state index is 12.8. The third-order valence-electron chi connectivity index (χ3n) is 11.9. The summed E-state index contributed by atoms with van der Waals surface area (Å²) in [6, 6.07) is 0. The smallest absolute Gasteiger partial charge is 0.462 e. The van der Waals surface area contributed by atoms with Crippen LogP contribution in [0.5, 0.6) is 0 Å². The van der Waals surface area contributed by atoms with Crippen LogP contribution in [0.15, 0.2) is 12.2 Å². The van der Waals surface area contributed by atoms with Gasteiger partial charge in [0.25, 0.3) is 0 Å². The fourth-order valence-electron chi connectivity index (χ4n) is 7.81. The van der Waals surface area contributed by atoms with Crippen molar-refractivity contribution in [1.29, 1.82) is 0 Å². The van der Waals surface area contributed by atoms with Crippen LogP contribution in [-0.4, -0.2) is 98.3 Å². The van der Waals surface area contributed by atoms with E-state index in [1.54, 1.807) is 0 Å². The van der Waals surface area contributed by atoms with Crippen molar-refractivity contribution in [3.8, 4) is 0 Å². The van der Waals surface area contributed by atoms with Gasteiger partial charge < -0.3 is 39.9 Å². The second-order valence-corrected chi connectivity index (χ2v) is 19.1. The van der Waals surface area contributed by atoms with Crippen molar-refractivity contribution in [2.24, 2.45) is 0 Å². The van der Waals surface area contributed by atoms with Gasteiger partial charge in [0.1, 0.15) is 43.2 Å². The molecule has 366 valence electrons. The summed E-state index contributed by atoms with van der Waals surface area (Å²) in [5, 5.41) is 50.2. The highest BCUT2D eigenvalue weighted by Gasteiger charge is 2.51. The number of carbonyl (C=O) groups is 2. The largest absolute Gasteiger partial charge is 0.472 e. The molecule has 1 saturated carbocycles. The first-order valence-corrected chi connectivity index (χ1v) is 26.5. The first kappa shape index (κ1) is 58.6. The Labute approximate surface area is 375 Å². The van der Waals surface area contributed by atoms with E-state index in [0.29, 0.717) is 12.8 Å². The molecule has 0 saturated heterocycles. The fraction of sp³-hybridized carbons (Fsp3) is 0.917. The molecule has 14 heteroatoms. The number of aliphatic hydroxyl groups excluding tert-OH is 5. The Balaban J connectivity index is 2.41. The van der Waals surface area contributed by atoms with Gasteiger partial charge in [0, 0.05) is 12.8 Å². The molecular formula is C48H91O13P. The molecule has 0 aromatic heterocycles. The predicted molar refractivity (Wildman–Crippen MR) is 244 cm³/mol. The number of unbranched alkanes of at least 4 members (excludes halogenated alkanes) is 28. The molecule has 0 bridgehead atoms. The van der Waals surface area contributed by atoms with E-state index in [1.165, 1.54) is 135 Å². The zero-order valence-electron chi connectivity index (χ0n) is 38.9. The number of allylic oxidation sites excluding steroid dienone is 2. The minimum atomic E-state index is -5.12. The van der Waals surface area contributed by atoms with E-state index in [2.05, 4.69) is 26.0 Å². The van der Waals surface area contributed by atoms with Crippen molar-refractivity contribution in [1.82, 2.24) is 0 Å². The number of carbonyl (C=O) groups excluding carboxylic acids is 2. The van der Waals surface area contributed by atoms with E-state index in [9.17, 15) is 44.6 Å². The van der Waals surface area contributed by atoms with Crippen LogP contribution in [0.2, 0.25) is 0 Å². The van der Waals surface area contributed by atoms with Crippen LogP contribution < -0.4 is 0 Å². The van der Waals surface area contributed by atoms with E-state index < -0.39 is 75.7 Å². The zero-order chi connectivity index (χ0) is 45.7. The lowest BCUT2D eigenvalue weighted by molar-refractivity contribution is -0.220. The number of aliphatic hydroxyl groups is 5. The van der Waals surface area contributed by atoms with Gasteiger partial charge in [-0.2, -0.15) is 0 Å². The lowest BCUT2D eigenvalue weighted by Crippen LogP contribution is -2.64. The number of rotatable bonds is 42.